The van der Waals surface area contributed by atoms with Gasteiger partial charge in [-0.15, -0.1) is 0 Å². The van der Waals surface area contributed by atoms with Crippen molar-refractivity contribution in [2.75, 3.05) is 0 Å². The van der Waals surface area contributed by atoms with Gasteiger partial charge in [-0.2, -0.15) is 0 Å². The maximum absolute atomic E-state index is 11.7. The summed E-state index contributed by atoms with van der Waals surface area (Å²) in [5.74, 6) is 1.66. The van der Waals surface area contributed by atoms with Gasteiger partial charge in [0.25, 0.3) is 0 Å². The van der Waals surface area contributed by atoms with Crippen molar-refractivity contribution in [1.29, 1.82) is 0 Å². The molecule has 4 nitrogen and oxygen atoms in total. The zero-order chi connectivity index (χ0) is 15.5. The van der Waals surface area contributed by atoms with E-state index in [-0.39, 0.29) is 5.91 Å². The normalized spacial score (nSPS) is 14.1. The minimum Gasteiger partial charge on any atom is -0.441 e. The highest BCUT2D eigenvalue weighted by atomic mass is 16.4. The summed E-state index contributed by atoms with van der Waals surface area (Å²) < 4.78 is 5.76. The van der Waals surface area contributed by atoms with Gasteiger partial charge < -0.3 is 9.73 Å². The van der Waals surface area contributed by atoms with Gasteiger partial charge in [0.15, 0.2) is 0 Å². The molecule has 1 fully saturated rings. The van der Waals surface area contributed by atoms with Crippen LogP contribution in [0.5, 0.6) is 0 Å². The summed E-state index contributed by atoms with van der Waals surface area (Å²) in [6, 6.07) is 8.59. The number of carbonyl (C=O) groups excluding carboxylic acids is 1. The fourth-order valence-corrected chi connectivity index (χ4v) is 2.42. The number of hydrogen-bond acceptors (Lipinski definition) is 3. The summed E-state index contributed by atoms with van der Waals surface area (Å²) in [5, 5.41) is 3.01. The van der Waals surface area contributed by atoms with E-state index < -0.39 is 0 Å². The van der Waals surface area contributed by atoms with E-state index in [0.29, 0.717) is 18.4 Å². The Hall–Kier alpha value is -2.10. The quantitative estimate of drug-likeness (QED) is 0.887. The van der Waals surface area contributed by atoms with Crippen molar-refractivity contribution in [3.05, 3.63) is 41.3 Å². The van der Waals surface area contributed by atoms with E-state index in [2.05, 4.69) is 29.4 Å². The Labute approximate surface area is 130 Å². The average Bonchev–Trinajstić information content (AvgIpc) is 3.22. The lowest BCUT2D eigenvalue weighted by Gasteiger charge is -2.01. The van der Waals surface area contributed by atoms with Gasteiger partial charge in [-0.1, -0.05) is 17.7 Å². The molecule has 0 radical (unpaired) electrons. The van der Waals surface area contributed by atoms with Crippen LogP contribution in [0.3, 0.4) is 0 Å². The molecule has 1 aromatic heterocycles. The fraction of sp³-hybridized carbons (Fsp3) is 0.444. The van der Waals surface area contributed by atoms with Gasteiger partial charge in [0.1, 0.15) is 5.76 Å². The predicted molar refractivity (Wildman–Crippen MR) is 85.5 cm³/mol. The number of oxazole rings is 1. The van der Waals surface area contributed by atoms with E-state index in [9.17, 15) is 4.79 Å². The van der Waals surface area contributed by atoms with Crippen molar-refractivity contribution in [3.8, 4) is 11.5 Å². The number of aromatic nitrogens is 1. The van der Waals surface area contributed by atoms with Crippen LogP contribution in [0.4, 0.5) is 0 Å². The third kappa shape index (κ3) is 3.75. The molecule has 0 unspecified atom stereocenters. The summed E-state index contributed by atoms with van der Waals surface area (Å²) in [6.45, 7) is 3.99. The first-order valence-corrected chi connectivity index (χ1v) is 7.94. The molecule has 0 atom stereocenters. The standard InChI is InChI=1S/C18H22N2O2/c1-12-6-8-14(9-7-12)18-20-16(13(2)22-18)4-3-5-17(21)19-15-10-11-15/h6-9,15H,3-5,10-11H2,1-2H3,(H,19,21). The monoisotopic (exact) mass is 298 g/mol. The number of nitrogens with one attached hydrogen (secondary N) is 1. The topological polar surface area (TPSA) is 55.1 Å². The average molecular weight is 298 g/mol. The molecule has 0 bridgehead atoms. The molecule has 1 aliphatic carbocycles. The molecule has 1 heterocycles. The molecule has 1 aromatic carbocycles. The van der Waals surface area contributed by atoms with Crippen LogP contribution < -0.4 is 5.32 Å². The second kappa shape index (κ2) is 6.34. The summed E-state index contributed by atoms with van der Waals surface area (Å²) in [5.41, 5.74) is 3.16. The summed E-state index contributed by atoms with van der Waals surface area (Å²) in [6.07, 6.45) is 4.41. The molecule has 22 heavy (non-hydrogen) atoms. The van der Waals surface area contributed by atoms with Crippen molar-refractivity contribution in [2.45, 2.75) is 52.0 Å². The van der Waals surface area contributed by atoms with E-state index in [1.165, 1.54) is 5.56 Å². The fourth-order valence-electron chi connectivity index (χ4n) is 2.42. The third-order valence-corrected chi connectivity index (χ3v) is 3.95. The Morgan fingerprint density at radius 3 is 2.68 bits per heavy atom. The van der Waals surface area contributed by atoms with E-state index in [1.807, 2.05) is 19.1 Å². The van der Waals surface area contributed by atoms with Crippen LogP contribution in [0.25, 0.3) is 11.5 Å². The Morgan fingerprint density at radius 1 is 1.27 bits per heavy atom. The van der Waals surface area contributed by atoms with Crippen molar-refractivity contribution in [2.24, 2.45) is 0 Å². The predicted octanol–water partition coefficient (Wildman–Crippen LogP) is 3.56. The first-order chi connectivity index (χ1) is 10.6. The molecule has 1 N–H and O–H groups in total. The molecule has 3 rings (SSSR count). The van der Waals surface area contributed by atoms with E-state index >= 15 is 0 Å². The lowest BCUT2D eigenvalue weighted by atomic mass is 10.1. The van der Waals surface area contributed by atoms with E-state index in [4.69, 9.17) is 4.42 Å². The highest BCUT2D eigenvalue weighted by Crippen LogP contribution is 2.23. The largest absolute Gasteiger partial charge is 0.441 e. The van der Waals surface area contributed by atoms with Crippen LogP contribution in [0.1, 0.15) is 42.7 Å². The number of hydrogen-bond donors (Lipinski definition) is 1. The second-order valence-corrected chi connectivity index (χ2v) is 6.08. The summed E-state index contributed by atoms with van der Waals surface area (Å²) in [4.78, 5) is 16.3. The Morgan fingerprint density at radius 2 is 2.00 bits per heavy atom. The van der Waals surface area contributed by atoms with Crippen molar-refractivity contribution >= 4 is 5.91 Å². The number of carbonyl (C=O) groups is 1. The van der Waals surface area contributed by atoms with E-state index in [0.717, 1.165) is 42.7 Å². The SMILES string of the molecule is Cc1ccc(-c2nc(CCCC(=O)NC3CC3)c(C)o2)cc1. The number of rotatable bonds is 6. The van der Waals surface area contributed by atoms with Gasteiger partial charge in [0.05, 0.1) is 5.69 Å². The van der Waals surface area contributed by atoms with Crippen LogP contribution in [0.2, 0.25) is 0 Å². The summed E-state index contributed by atoms with van der Waals surface area (Å²) >= 11 is 0. The van der Waals surface area contributed by atoms with Crippen LogP contribution in [0, 0.1) is 13.8 Å². The lowest BCUT2D eigenvalue weighted by molar-refractivity contribution is -0.121. The van der Waals surface area contributed by atoms with Gasteiger partial charge in [0.2, 0.25) is 11.8 Å². The van der Waals surface area contributed by atoms with Crippen LogP contribution in [0.15, 0.2) is 28.7 Å². The first kappa shape index (κ1) is 14.8. The van der Waals surface area contributed by atoms with Gasteiger partial charge in [-0.05, 0) is 51.7 Å². The van der Waals surface area contributed by atoms with E-state index in [1.54, 1.807) is 0 Å². The minimum atomic E-state index is 0.155. The lowest BCUT2D eigenvalue weighted by Crippen LogP contribution is -2.25. The van der Waals surface area contributed by atoms with Crippen LogP contribution >= 0.6 is 0 Å². The van der Waals surface area contributed by atoms with Crippen LogP contribution in [-0.4, -0.2) is 16.9 Å². The highest BCUT2D eigenvalue weighted by Gasteiger charge is 2.22. The van der Waals surface area contributed by atoms with Crippen molar-refractivity contribution in [3.63, 3.8) is 0 Å². The minimum absolute atomic E-state index is 0.155. The van der Waals surface area contributed by atoms with Gasteiger partial charge in [0, 0.05) is 18.0 Å². The molecule has 1 saturated carbocycles. The number of amides is 1. The molecule has 116 valence electrons. The van der Waals surface area contributed by atoms with Crippen molar-refractivity contribution < 1.29 is 9.21 Å². The Balaban J connectivity index is 1.57. The maximum Gasteiger partial charge on any atom is 0.226 e. The van der Waals surface area contributed by atoms with Gasteiger partial charge >= 0.3 is 0 Å². The van der Waals surface area contributed by atoms with Gasteiger partial charge in [-0.25, -0.2) is 4.98 Å². The smallest absolute Gasteiger partial charge is 0.226 e. The molecule has 0 spiro atoms. The molecule has 1 amide bonds. The number of aryl methyl sites for hydroxylation is 3. The summed E-state index contributed by atoms with van der Waals surface area (Å²) in [7, 11) is 0. The zero-order valence-electron chi connectivity index (χ0n) is 13.2. The molecule has 2 aromatic rings. The highest BCUT2D eigenvalue weighted by molar-refractivity contribution is 5.76. The molecule has 1 aliphatic rings. The molecule has 0 aliphatic heterocycles. The third-order valence-electron chi connectivity index (χ3n) is 3.95. The Kier molecular flexibility index (Phi) is 4.27. The molecular weight excluding hydrogens is 276 g/mol. The zero-order valence-corrected chi connectivity index (χ0v) is 13.2. The maximum atomic E-state index is 11.7. The van der Waals surface area contributed by atoms with Gasteiger partial charge in [-0.3, -0.25) is 4.79 Å². The second-order valence-electron chi connectivity index (χ2n) is 6.08. The van der Waals surface area contributed by atoms with Crippen LogP contribution in [-0.2, 0) is 11.2 Å². The number of benzene rings is 1. The Bertz CT molecular complexity index is 654. The molecule has 0 saturated heterocycles. The molecular formula is C18H22N2O2. The number of nitrogens with zero attached hydrogens (tertiary/aromatic N) is 1. The van der Waals surface area contributed by atoms with Crippen molar-refractivity contribution in [1.82, 2.24) is 10.3 Å². The molecule has 4 heteroatoms. The first-order valence-electron chi connectivity index (χ1n) is 7.94.